The minimum absolute atomic E-state index is 0.531. The molecule has 0 unspecified atom stereocenters. The SMILES string of the molecule is CCn1cc(CN2CCC[C@@H](c3ccncn3)C2)c(C)n1. The van der Waals surface area contributed by atoms with E-state index in [0.717, 1.165) is 25.3 Å². The molecule has 2 aromatic rings. The van der Waals surface area contributed by atoms with E-state index in [9.17, 15) is 0 Å². The van der Waals surface area contributed by atoms with E-state index in [1.54, 1.807) is 6.33 Å². The summed E-state index contributed by atoms with van der Waals surface area (Å²) in [5.41, 5.74) is 3.68. The molecule has 1 saturated heterocycles. The normalized spacial score (nSPS) is 19.8. The Labute approximate surface area is 126 Å². The molecule has 1 fully saturated rings. The van der Waals surface area contributed by atoms with E-state index in [1.807, 2.05) is 10.9 Å². The largest absolute Gasteiger partial charge is 0.298 e. The van der Waals surface area contributed by atoms with Crippen molar-refractivity contribution in [2.45, 2.75) is 45.7 Å². The molecule has 5 nitrogen and oxygen atoms in total. The summed E-state index contributed by atoms with van der Waals surface area (Å²) in [6.07, 6.45) is 8.14. The monoisotopic (exact) mass is 285 g/mol. The lowest BCUT2D eigenvalue weighted by Gasteiger charge is -2.32. The summed E-state index contributed by atoms with van der Waals surface area (Å²) in [4.78, 5) is 11.0. The molecule has 0 radical (unpaired) electrons. The Bertz CT molecular complexity index is 578. The van der Waals surface area contributed by atoms with Gasteiger partial charge in [0.05, 0.1) is 5.69 Å². The van der Waals surface area contributed by atoms with Gasteiger partial charge in [-0.05, 0) is 39.3 Å². The molecule has 0 N–H and O–H groups in total. The third-order valence-electron chi connectivity index (χ3n) is 4.29. The van der Waals surface area contributed by atoms with Gasteiger partial charge in [-0.3, -0.25) is 9.58 Å². The number of rotatable bonds is 4. The molecule has 21 heavy (non-hydrogen) atoms. The van der Waals surface area contributed by atoms with E-state index < -0.39 is 0 Å². The van der Waals surface area contributed by atoms with Crippen molar-refractivity contribution >= 4 is 0 Å². The van der Waals surface area contributed by atoms with Gasteiger partial charge in [0.2, 0.25) is 0 Å². The van der Waals surface area contributed by atoms with E-state index in [1.165, 1.54) is 30.6 Å². The Balaban J connectivity index is 1.67. The standard InChI is InChI=1S/C16H23N5/c1-3-21-11-15(13(2)19-21)10-20-8-4-5-14(9-20)16-6-7-17-12-18-16/h6-7,11-12,14H,3-5,8-10H2,1-2H3/t14-/m1/s1. The Kier molecular flexibility index (Phi) is 4.29. The fourth-order valence-electron chi connectivity index (χ4n) is 3.10. The predicted molar refractivity (Wildman–Crippen MR) is 81.9 cm³/mol. The van der Waals surface area contributed by atoms with Gasteiger partial charge in [-0.25, -0.2) is 9.97 Å². The van der Waals surface area contributed by atoms with Crippen LogP contribution in [0.25, 0.3) is 0 Å². The highest BCUT2D eigenvalue weighted by Gasteiger charge is 2.23. The molecular weight excluding hydrogens is 262 g/mol. The minimum atomic E-state index is 0.531. The summed E-state index contributed by atoms with van der Waals surface area (Å²) in [6, 6.07) is 2.05. The maximum Gasteiger partial charge on any atom is 0.115 e. The van der Waals surface area contributed by atoms with Crippen molar-refractivity contribution in [3.8, 4) is 0 Å². The van der Waals surface area contributed by atoms with Gasteiger partial charge >= 0.3 is 0 Å². The van der Waals surface area contributed by atoms with Crippen molar-refractivity contribution in [2.75, 3.05) is 13.1 Å². The van der Waals surface area contributed by atoms with Crippen LogP contribution in [0.3, 0.4) is 0 Å². The van der Waals surface area contributed by atoms with Gasteiger partial charge in [0, 0.05) is 49.2 Å². The second kappa shape index (κ2) is 6.35. The Hall–Kier alpha value is -1.75. The van der Waals surface area contributed by atoms with Crippen LogP contribution in [0.4, 0.5) is 0 Å². The highest BCUT2D eigenvalue weighted by molar-refractivity contribution is 5.16. The quantitative estimate of drug-likeness (QED) is 0.865. The molecule has 5 heteroatoms. The molecule has 1 aliphatic rings. The lowest BCUT2D eigenvalue weighted by atomic mass is 9.94. The average molecular weight is 285 g/mol. The lowest BCUT2D eigenvalue weighted by Crippen LogP contribution is -2.34. The smallest absolute Gasteiger partial charge is 0.115 e. The van der Waals surface area contributed by atoms with Crippen molar-refractivity contribution in [1.82, 2.24) is 24.6 Å². The molecule has 1 aliphatic heterocycles. The van der Waals surface area contributed by atoms with Crippen molar-refractivity contribution in [3.63, 3.8) is 0 Å². The van der Waals surface area contributed by atoms with Crippen LogP contribution in [0.2, 0.25) is 0 Å². The van der Waals surface area contributed by atoms with Crippen LogP contribution < -0.4 is 0 Å². The Morgan fingerprint density at radius 2 is 2.29 bits per heavy atom. The first-order valence-electron chi connectivity index (χ1n) is 7.77. The van der Waals surface area contributed by atoms with Gasteiger partial charge in [0.1, 0.15) is 6.33 Å². The highest BCUT2D eigenvalue weighted by Crippen LogP contribution is 2.26. The molecule has 3 heterocycles. The summed E-state index contributed by atoms with van der Waals surface area (Å²) in [7, 11) is 0. The maximum atomic E-state index is 4.54. The summed E-state index contributed by atoms with van der Waals surface area (Å²) in [5.74, 6) is 0.531. The molecule has 3 rings (SSSR count). The summed E-state index contributed by atoms with van der Waals surface area (Å²) in [5, 5.41) is 4.54. The number of hydrogen-bond donors (Lipinski definition) is 0. The topological polar surface area (TPSA) is 46.8 Å². The molecule has 0 saturated carbocycles. The molecule has 0 aliphatic carbocycles. The zero-order chi connectivity index (χ0) is 14.7. The van der Waals surface area contributed by atoms with Gasteiger partial charge in [0.15, 0.2) is 0 Å². The average Bonchev–Trinajstić information content (AvgIpc) is 2.89. The molecule has 0 spiro atoms. The second-order valence-electron chi connectivity index (χ2n) is 5.80. The van der Waals surface area contributed by atoms with E-state index in [-0.39, 0.29) is 0 Å². The first kappa shape index (κ1) is 14.2. The predicted octanol–water partition coefficient (Wildman–Crippen LogP) is 2.38. The zero-order valence-corrected chi connectivity index (χ0v) is 12.9. The fourth-order valence-corrected chi connectivity index (χ4v) is 3.10. The van der Waals surface area contributed by atoms with Crippen LogP contribution >= 0.6 is 0 Å². The molecule has 1 atom stereocenters. The first-order valence-corrected chi connectivity index (χ1v) is 7.77. The highest BCUT2D eigenvalue weighted by atomic mass is 15.3. The molecule has 2 aromatic heterocycles. The van der Waals surface area contributed by atoms with Crippen LogP contribution in [0.1, 0.15) is 42.6 Å². The van der Waals surface area contributed by atoms with Gasteiger partial charge in [-0.2, -0.15) is 5.10 Å². The van der Waals surface area contributed by atoms with Crippen LogP contribution in [-0.2, 0) is 13.1 Å². The summed E-state index contributed by atoms with van der Waals surface area (Å²) >= 11 is 0. The number of likely N-dealkylation sites (tertiary alicyclic amines) is 1. The number of nitrogens with zero attached hydrogens (tertiary/aromatic N) is 5. The van der Waals surface area contributed by atoms with Gasteiger partial charge in [-0.1, -0.05) is 0 Å². The third kappa shape index (κ3) is 3.29. The number of piperidine rings is 1. The second-order valence-corrected chi connectivity index (χ2v) is 5.80. The van der Waals surface area contributed by atoms with Crippen molar-refractivity contribution in [3.05, 3.63) is 41.7 Å². The van der Waals surface area contributed by atoms with Crippen LogP contribution in [0, 0.1) is 6.92 Å². The van der Waals surface area contributed by atoms with Crippen LogP contribution in [-0.4, -0.2) is 37.7 Å². The first-order chi connectivity index (χ1) is 10.3. The van der Waals surface area contributed by atoms with E-state index in [2.05, 4.69) is 46.1 Å². The zero-order valence-electron chi connectivity index (χ0n) is 12.9. The van der Waals surface area contributed by atoms with Crippen molar-refractivity contribution < 1.29 is 0 Å². The molecule has 0 aromatic carbocycles. The van der Waals surface area contributed by atoms with Gasteiger partial charge in [-0.15, -0.1) is 0 Å². The Morgan fingerprint density at radius 3 is 3.00 bits per heavy atom. The molecule has 0 bridgehead atoms. The lowest BCUT2D eigenvalue weighted by molar-refractivity contribution is 0.198. The summed E-state index contributed by atoms with van der Waals surface area (Å²) in [6.45, 7) is 8.40. The third-order valence-corrected chi connectivity index (χ3v) is 4.29. The maximum absolute atomic E-state index is 4.54. The van der Waals surface area contributed by atoms with E-state index in [4.69, 9.17) is 0 Å². The fraction of sp³-hybridized carbons (Fsp3) is 0.562. The number of aryl methyl sites for hydroxylation is 2. The number of aromatic nitrogens is 4. The van der Waals surface area contributed by atoms with E-state index in [0.29, 0.717) is 5.92 Å². The van der Waals surface area contributed by atoms with Crippen molar-refractivity contribution in [1.29, 1.82) is 0 Å². The van der Waals surface area contributed by atoms with Gasteiger partial charge in [0.25, 0.3) is 0 Å². The van der Waals surface area contributed by atoms with Crippen LogP contribution in [0.15, 0.2) is 24.8 Å². The minimum Gasteiger partial charge on any atom is -0.298 e. The molecule has 0 amide bonds. The molecular formula is C16H23N5. The van der Waals surface area contributed by atoms with Crippen molar-refractivity contribution in [2.24, 2.45) is 0 Å². The van der Waals surface area contributed by atoms with E-state index >= 15 is 0 Å². The van der Waals surface area contributed by atoms with Gasteiger partial charge < -0.3 is 0 Å². The van der Waals surface area contributed by atoms with Crippen LogP contribution in [0.5, 0.6) is 0 Å². The number of hydrogen-bond acceptors (Lipinski definition) is 4. The molecule has 112 valence electrons. The summed E-state index contributed by atoms with van der Waals surface area (Å²) < 4.78 is 2.02. The Morgan fingerprint density at radius 1 is 1.38 bits per heavy atom.